The number of para-hydroxylation sites is 1. The highest BCUT2D eigenvalue weighted by molar-refractivity contribution is 5.94. The maximum absolute atomic E-state index is 13.2. The van der Waals surface area contributed by atoms with Gasteiger partial charge in [0.25, 0.3) is 11.6 Å². The third-order valence-corrected chi connectivity index (χ3v) is 5.40. The van der Waals surface area contributed by atoms with Gasteiger partial charge in [0.05, 0.1) is 10.6 Å². The third kappa shape index (κ3) is 5.47. The molecule has 1 heterocycles. The van der Waals surface area contributed by atoms with E-state index in [1.165, 1.54) is 30.3 Å². The summed E-state index contributed by atoms with van der Waals surface area (Å²) in [5.41, 5.74) is 2.08. The molecule has 172 valence electrons. The fourth-order valence-electron chi connectivity index (χ4n) is 3.72. The molecule has 0 fully saturated rings. The summed E-state index contributed by atoms with van der Waals surface area (Å²) < 4.78 is 5.23. The van der Waals surface area contributed by atoms with Crippen LogP contribution in [-0.4, -0.2) is 28.8 Å². The Morgan fingerprint density at radius 2 is 1.68 bits per heavy atom. The predicted molar refractivity (Wildman–Crippen MR) is 130 cm³/mol. The standard InChI is InChI=1S/C26H23N3O5/c30-25-17-23(22-9-4-5-10-24(22)34-25)27-15-6-16-28(18-19-7-2-1-3-8-19)26(31)20-11-13-21(14-12-20)29(32)33/h1-5,7-14,17,27H,6,15-16,18H2. The number of carbonyl (C=O) groups is 1. The molecule has 4 rings (SSSR count). The summed E-state index contributed by atoms with van der Waals surface area (Å²) in [6.45, 7) is 1.40. The van der Waals surface area contributed by atoms with Crippen molar-refractivity contribution in [2.24, 2.45) is 0 Å². The molecular formula is C26H23N3O5. The summed E-state index contributed by atoms with van der Waals surface area (Å²) in [6, 6.07) is 24.0. The van der Waals surface area contributed by atoms with Crippen molar-refractivity contribution in [1.82, 2.24) is 4.90 Å². The molecule has 0 aliphatic heterocycles. The average molecular weight is 457 g/mol. The van der Waals surface area contributed by atoms with E-state index >= 15 is 0 Å². The van der Waals surface area contributed by atoms with E-state index in [4.69, 9.17) is 4.42 Å². The Bertz CT molecular complexity index is 1350. The Labute approximate surface area is 195 Å². The number of nitrogens with one attached hydrogen (secondary N) is 1. The summed E-state index contributed by atoms with van der Waals surface area (Å²) >= 11 is 0. The van der Waals surface area contributed by atoms with Gasteiger partial charge in [0, 0.05) is 48.8 Å². The monoisotopic (exact) mass is 457 g/mol. The summed E-state index contributed by atoms with van der Waals surface area (Å²) in [5.74, 6) is -0.204. The largest absolute Gasteiger partial charge is 0.423 e. The first-order valence-electron chi connectivity index (χ1n) is 10.9. The van der Waals surface area contributed by atoms with Gasteiger partial charge in [-0.25, -0.2) is 4.79 Å². The molecule has 0 unspecified atom stereocenters. The maximum Gasteiger partial charge on any atom is 0.338 e. The van der Waals surface area contributed by atoms with Gasteiger partial charge in [-0.2, -0.15) is 0 Å². The van der Waals surface area contributed by atoms with Crippen LogP contribution >= 0.6 is 0 Å². The van der Waals surface area contributed by atoms with E-state index in [2.05, 4.69) is 5.32 Å². The van der Waals surface area contributed by atoms with Gasteiger partial charge >= 0.3 is 5.63 Å². The van der Waals surface area contributed by atoms with Crippen molar-refractivity contribution >= 4 is 28.3 Å². The second kappa shape index (κ2) is 10.4. The van der Waals surface area contributed by atoms with Gasteiger partial charge in [-0.05, 0) is 36.2 Å². The number of rotatable bonds is 9. The number of fused-ring (bicyclic) bond motifs is 1. The van der Waals surface area contributed by atoms with E-state index in [0.717, 1.165) is 10.9 Å². The molecule has 0 aliphatic rings. The van der Waals surface area contributed by atoms with Gasteiger partial charge in [-0.1, -0.05) is 42.5 Å². The van der Waals surface area contributed by atoms with Crippen LogP contribution in [0.5, 0.6) is 0 Å². The number of hydrogen-bond acceptors (Lipinski definition) is 6. The molecule has 0 saturated heterocycles. The highest BCUT2D eigenvalue weighted by atomic mass is 16.6. The molecule has 0 radical (unpaired) electrons. The van der Waals surface area contributed by atoms with Crippen molar-refractivity contribution in [1.29, 1.82) is 0 Å². The molecule has 0 aliphatic carbocycles. The zero-order chi connectivity index (χ0) is 23.9. The molecule has 0 saturated carbocycles. The van der Waals surface area contributed by atoms with Crippen molar-refractivity contribution in [3.63, 3.8) is 0 Å². The number of amides is 1. The summed E-state index contributed by atoms with van der Waals surface area (Å²) in [7, 11) is 0. The molecule has 0 spiro atoms. The molecule has 1 amide bonds. The second-order valence-electron chi connectivity index (χ2n) is 7.77. The Balaban J connectivity index is 1.46. The lowest BCUT2D eigenvalue weighted by Gasteiger charge is -2.23. The first-order valence-corrected chi connectivity index (χ1v) is 10.9. The normalized spacial score (nSPS) is 10.7. The van der Waals surface area contributed by atoms with Crippen LogP contribution in [0.4, 0.5) is 11.4 Å². The third-order valence-electron chi connectivity index (χ3n) is 5.40. The van der Waals surface area contributed by atoms with E-state index in [-0.39, 0.29) is 11.6 Å². The van der Waals surface area contributed by atoms with Crippen LogP contribution in [0, 0.1) is 10.1 Å². The first kappa shape index (κ1) is 22.7. The van der Waals surface area contributed by atoms with Gasteiger partial charge in [-0.15, -0.1) is 0 Å². The van der Waals surface area contributed by atoms with E-state index < -0.39 is 10.5 Å². The Morgan fingerprint density at radius 3 is 2.41 bits per heavy atom. The lowest BCUT2D eigenvalue weighted by atomic mass is 10.1. The highest BCUT2D eigenvalue weighted by Gasteiger charge is 2.17. The van der Waals surface area contributed by atoms with Crippen LogP contribution in [0.25, 0.3) is 11.0 Å². The molecule has 0 bridgehead atoms. The van der Waals surface area contributed by atoms with Crippen molar-refractivity contribution in [2.45, 2.75) is 13.0 Å². The number of carbonyl (C=O) groups excluding carboxylic acids is 1. The van der Waals surface area contributed by atoms with Crippen LogP contribution in [0.15, 0.2) is 94.1 Å². The fraction of sp³-hybridized carbons (Fsp3) is 0.154. The fourth-order valence-corrected chi connectivity index (χ4v) is 3.72. The van der Waals surface area contributed by atoms with E-state index in [0.29, 0.717) is 42.9 Å². The zero-order valence-electron chi connectivity index (χ0n) is 18.3. The van der Waals surface area contributed by atoms with E-state index in [9.17, 15) is 19.7 Å². The number of hydrogen-bond donors (Lipinski definition) is 1. The molecule has 1 aromatic heterocycles. The minimum absolute atomic E-state index is 0.0603. The van der Waals surface area contributed by atoms with Crippen molar-refractivity contribution < 1.29 is 14.1 Å². The molecular weight excluding hydrogens is 434 g/mol. The first-order chi connectivity index (χ1) is 16.5. The van der Waals surface area contributed by atoms with Gasteiger partial charge in [0.15, 0.2) is 0 Å². The van der Waals surface area contributed by atoms with Crippen LogP contribution < -0.4 is 10.9 Å². The molecule has 8 nitrogen and oxygen atoms in total. The summed E-state index contributed by atoms with van der Waals surface area (Å²) in [5, 5.41) is 15.0. The second-order valence-corrected chi connectivity index (χ2v) is 7.77. The SMILES string of the molecule is O=C(c1ccc([N+](=O)[O-])cc1)N(CCCNc1cc(=O)oc2ccccc12)Cc1ccccc1. The lowest BCUT2D eigenvalue weighted by Crippen LogP contribution is -2.32. The highest BCUT2D eigenvalue weighted by Crippen LogP contribution is 2.21. The topological polar surface area (TPSA) is 106 Å². The Kier molecular flexibility index (Phi) is 6.98. The lowest BCUT2D eigenvalue weighted by molar-refractivity contribution is -0.384. The molecule has 3 aromatic carbocycles. The molecule has 4 aromatic rings. The van der Waals surface area contributed by atoms with Crippen molar-refractivity contribution in [2.75, 3.05) is 18.4 Å². The number of nitro groups is 1. The number of nitrogens with zero attached hydrogens (tertiary/aromatic N) is 2. The number of benzene rings is 3. The van der Waals surface area contributed by atoms with Gasteiger partial charge in [0.2, 0.25) is 0 Å². The van der Waals surface area contributed by atoms with Crippen molar-refractivity contribution in [3.8, 4) is 0 Å². The predicted octanol–water partition coefficient (Wildman–Crippen LogP) is 4.85. The average Bonchev–Trinajstić information content (AvgIpc) is 2.86. The van der Waals surface area contributed by atoms with Crippen LogP contribution in [0.1, 0.15) is 22.3 Å². The molecule has 8 heteroatoms. The van der Waals surface area contributed by atoms with Crippen molar-refractivity contribution in [3.05, 3.63) is 117 Å². The van der Waals surface area contributed by atoms with Crippen LogP contribution in [0.3, 0.4) is 0 Å². The summed E-state index contributed by atoms with van der Waals surface area (Å²) in [6.07, 6.45) is 0.625. The van der Waals surface area contributed by atoms with Crippen LogP contribution in [-0.2, 0) is 6.54 Å². The number of anilines is 1. The quantitative estimate of drug-likeness (QED) is 0.167. The van der Waals surface area contributed by atoms with Gasteiger partial charge < -0.3 is 14.6 Å². The number of nitro benzene ring substituents is 1. The Hall–Kier alpha value is -4.46. The maximum atomic E-state index is 13.2. The minimum Gasteiger partial charge on any atom is -0.423 e. The van der Waals surface area contributed by atoms with Gasteiger partial charge in [0.1, 0.15) is 5.58 Å². The summed E-state index contributed by atoms with van der Waals surface area (Å²) in [4.78, 5) is 37.2. The molecule has 0 atom stereocenters. The van der Waals surface area contributed by atoms with Crippen LogP contribution in [0.2, 0.25) is 0 Å². The smallest absolute Gasteiger partial charge is 0.338 e. The zero-order valence-corrected chi connectivity index (χ0v) is 18.3. The minimum atomic E-state index is -0.491. The van der Waals surface area contributed by atoms with E-state index in [1.807, 2.05) is 42.5 Å². The molecule has 1 N–H and O–H groups in total. The van der Waals surface area contributed by atoms with E-state index in [1.54, 1.807) is 17.0 Å². The Morgan fingerprint density at radius 1 is 0.971 bits per heavy atom. The molecule has 34 heavy (non-hydrogen) atoms. The van der Waals surface area contributed by atoms with Gasteiger partial charge in [-0.3, -0.25) is 14.9 Å². The number of non-ortho nitro benzene ring substituents is 1.